The number of nitrogens with one attached hydrogen (secondary N) is 2. The molecular weight excluding hydrogens is 284 g/mol. The van der Waals surface area contributed by atoms with Gasteiger partial charge in [0, 0.05) is 6.54 Å². The first-order valence-electron chi connectivity index (χ1n) is 6.77. The zero-order valence-corrected chi connectivity index (χ0v) is 13.3. The summed E-state index contributed by atoms with van der Waals surface area (Å²) in [4.78, 5) is 0.318. The first-order valence-corrected chi connectivity index (χ1v) is 8.25. The van der Waals surface area contributed by atoms with Gasteiger partial charge in [-0.25, -0.2) is 8.42 Å². The molecule has 0 amide bonds. The Balaban J connectivity index is 2.41. The number of anilines is 1. The van der Waals surface area contributed by atoms with E-state index in [9.17, 15) is 8.42 Å². The number of rotatable bonds is 5. The number of sulfonamides is 1. The van der Waals surface area contributed by atoms with E-state index in [0.29, 0.717) is 17.1 Å². The molecule has 2 aromatic carbocycles. The van der Waals surface area contributed by atoms with Gasteiger partial charge in [-0.3, -0.25) is 4.72 Å². The van der Waals surface area contributed by atoms with Crippen molar-refractivity contribution in [2.75, 3.05) is 11.8 Å². The molecule has 4 nitrogen and oxygen atoms in total. The summed E-state index contributed by atoms with van der Waals surface area (Å²) < 4.78 is 27.9. The molecule has 21 heavy (non-hydrogen) atoms. The Morgan fingerprint density at radius 2 is 1.71 bits per heavy atom. The van der Waals surface area contributed by atoms with Crippen LogP contribution in [-0.2, 0) is 16.6 Å². The van der Waals surface area contributed by atoms with Crippen LogP contribution in [0.15, 0.2) is 47.4 Å². The van der Waals surface area contributed by atoms with E-state index in [-0.39, 0.29) is 0 Å². The van der Waals surface area contributed by atoms with Crippen LogP contribution in [0.1, 0.15) is 16.7 Å². The summed E-state index contributed by atoms with van der Waals surface area (Å²) in [6, 6.07) is 12.7. The fraction of sp³-hybridized carbons (Fsp3) is 0.250. The summed E-state index contributed by atoms with van der Waals surface area (Å²) in [5.74, 6) is 0. The molecule has 0 aliphatic heterocycles. The summed E-state index contributed by atoms with van der Waals surface area (Å²) in [7, 11) is -1.75. The van der Waals surface area contributed by atoms with Crippen LogP contribution in [0, 0.1) is 13.8 Å². The molecule has 0 bridgehead atoms. The van der Waals surface area contributed by atoms with Crippen molar-refractivity contribution in [3.05, 3.63) is 59.2 Å². The Hall–Kier alpha value is -1.85. The minimum absolute atomic E-state index is 0.318. The molecule has 5 heteroatoms. The van der Waals surface area contributed by atoms with Gasteiger partial charge in [-0.1, -0.05) is 30.3 Å². The third kappa shape index (κ3) is 3.43. The van der Waals surface area contributed by atoms with E-state index in [0.717, 1.165) is 16.7 Å². The summed E-state index contributed by atoms with van der Waals surface area (Å²) in [5, 5.41) is 3.05. The van der Waals surface area contributed by atoms with Crippen LogP contribution in [-0.4, -0.2) is 15.5 Å². The first-order chi connectivity index (χ1) is 9.95. The number of aryl methyl sites for hydroxylation is 1. The molecule has 2 rings (SSSR count). The van der Waals surface area contributed by atoms with Crippen LogP contribution < -0.4 is 10.0 Å². The van der Waals surface area contributed by atoms with Crippen molar-refractivity contribution in [3.63, 3.8) is 0 Å². The highest BCUT2D eigenvalue weighted by molar-refractivity contribution is 7.92. The van der Waals surface area contributed by atoms with Gasteiger partial charge in [0.15, 0.2) is 0 Å². The van der Waals surface area contributed by atoms with Crippen LogP contribution in [0.4, 0.5) is 5.69 Å². The lowest BCUT2D eigenvalue weighted by atomic mass is 10.1. The lowest BCUT2D eigenvalue weighted by molar-refractivity contribution is 0.600. The summed E-state index contributed by atoms with van der Waals surface area (Å²) >= 11 is 0. The molecule has 0 unspecified atom stereocenters. The standard InChI is InChI=1S/C16H20N2O2S/c1-12-7-4-5-9-15(12)18-21(19,20)16-10-6-8-14(11-17-3)13(16)2/h4-10,17-18H,11H2,1-3H3. The molecule has 0 spiro atoms. The van der Waals surface area contributed by atoms with Gasteiger partial charge < -0.3 is 5.32 Å². The maximum absolute atomic E-state index is 12.6. The van der Waals surface area contributed by atoms with E-state index in [1.807, 2.05) is 45.2 Å². The molecule has 0 aliphatic carbocycles. The smallest absolute Gasteiger partial charge is 0.262 e. The summed E-state index contributed by atoms with van der Waals surface area (Å²) in [5.41, 5.74) is 3.25. The zero-order chi connectivity index (χ0) is 15.5. The minimum Gasteiger partial charge on any atom is -0.316 e. The van der Waals surface area contributed by atoms with E-state index < -0.39 is 10.0 Å². The van der Waals surface area contributed by atoms with Gasteiger partial charge in [0.1, 0.15) is 0 Å². The normalized spacial score (nSPS) is 11.4. The summed E-state index contributed by atoms with van der Waals surface area (Å²) in [6.45, 7) is 4.35. The Labute approximate surface area is 126 Å². The third-order valence-electron chi connectivity index (χ3n) is 3.44. The summed E-state index contributed by atoms with van der Waals surface area (Å²) in [6.07, 6.45) is 0. The predicted molar refractivity (Wildman–Crippen MR) is 85.9 cm³/mol. The maximum atomic E-state index is 12.6. The lowest BCUT2D eigenvalue weighted by Crippen LogP contribution is -2.16. The Bertz CT molecular complexity index is 740. The van der Waals surface area contributed by atoms with E-state index in [2.05, 4.69) is 10.0 Å². The first kappa shape index (κ1) is 15.5. The topological polar surface area (TPSA) is 58.2 Å². The fourth-order valence-corrected chi connectivity index (χ4v) is 3.64. The van der Waals surface area contributed by atoms with Crippen molar-refractivity contribution in [2.24, 2.45) is 0 Å². The van der Waals surface area contributed by atoms with Gasteiger partial charge in [-0.15, -0.1) is 0 Å². The van der Waals surface area contributed by atoms with Gasteiger partial charge in [0.2, 0.25) is 0 Å². The molecular formula is C16H20N2O2S. The maximum Gasteiger partial charge on any atom is 0.262 e. The van der Waals surface area contributed by atoms with Gasteiger partial charge in [-0.05, 0) is 49.7 Å². The molecule has 0 atom stereocenters. The van der Waals surface area contributed by atoms with Gasteiger partial charge in [0.05, 0.1) is 10.6 Å². The fourth-order valence-electron chi connectivity index (χ4n) is 2.22. The molecule has 112 valence electrons. The molecule has 2 N–H and O–H groups in total. The number of benzene rings is 2. The van der Waals surface area contributed by atoms with Gasteiger partial charge in [-0.2, -0.15) is 0 Å². The highest BCUT2D eigenvalue weighted by Crippen LogP contribution is 2.23. The second-order valence-corrected chi connectivity index (χ2v) is 6.64. The highest BCUT2D eigenvalue weighted by Gasteiger charge is 2.18. The Kier molecular flexibility index (Phi) is 4.65. The van der Waals surface area contributed by atoms with Gasteiger partial charge >= 0.3 is 0 Å². The monoisotopic (exact) mass is 304 g/mol. The van der Waals surface area contributed by atoms with E-state index >= 15 is 0 Å². The molecule has 2 aromatic rings. The zero-order valence-electron chi connectivity index (χ0n) is 12.5. The lowest BCUT2D eigenvalue weighted by Gasteiger charge is -2.14. The molecule has 0 aromatic heterocycles. The molecule has 0 radical (unpaired) electrons. The number of hydrogen-bond donors (Lipinski definition) is 2. The predicted octanol–water partition coefficient (Wildman–Crippen LogP) is 2.82. The second-order valence-electron chi connectivity index (χ2n) is 4.99. The largest absolute Gasteiger partial charge is 0.316 e. The average Bonchev–Trinajstić information content (AvgIpc) is 2.43. The number of hydrogen-bond acceptors (Lipinski definition) is 3. The third-order valence-corrected chi connectivity index (χ3v) is 4.95. The van der Waals surface area contributed by atoms with Crippen LogP contribution in [0.2, 0.25) is 0 Å². The van der Waals surface area contributed by atoms with Crippen molar-refractivity contribution < 1.29 is 8.42 Å². The molecule has 0 aliphatic rings. The van der Waals surface area contributed by atoms with Crippen LogP contribution in [0.3, 0.4) is 0 Å². The second kappa shape index (κ2) is 6.28. The molecule has 0 saturated carbocycles. The van der Waals surface area contributed by atoms with E-state index in [4.69, 9.17) is 0 Å². The van der Waals surface area contributed by atoms with Crippen molar-refractivity contribution >= 4 is 15.7 Å². The number of para-hydroxylation sites is 1. The Morgan fingerprint density at radius 3 is 2.38 bits per heavy atom. The van der Waals surface area contributed by atoms with Crippen LogP contribution >= 0.6 is 0 Å². The van der Waals surface area contributed by atoms with Crippen molar-refractivity contribution in [3.8, 4) is 0 Å². The molecule has 0 fully saturated rings. The average molecular weight is 304 g/mol. The van der Waals surface area contributed by atoms with Crippen LogP contribution in [0.5, 0.6) is 0 Å². The van der Waals surface area contributed by atoms with Crippen LogP contribution in [0.25, 0.3) is 0 Å². The highest BCUT2D eigenvalue weighted by atomic mass is 32.2. The molecule has 0 heterocycles. The quantitative estimate of drug-likeness (QED) is 0.893. The minimum atomic E-state index is -3.59. The van der Waals surface area contributed by atoms with Crippen molar-refractivity contribution in [1.82, 2.24) is 5.32 Å². The Morgan fingerprint density at radius 1 is 1.00 bits per heavy atom. The van der Waals surface area contributed by atoms with Gasteiger partial charge in [0.25, 0.3) is 10.0 Å². The van der Waals surface area contributed by atoms with E-state index in [1.54, 1.807) is 18.2 Å². The molecule has 0 saturated heterocycles. The van der Waals surface area contributed by atoms with E-state index in [1.165, 1.54) is 0 Å². The van der Waals surface area contributed by atoms with Crippen molar-refractivity contribution in [2.45, 2.75) is 25.3 Å². The van der Waals surface area contributed by atoms with Crippen molar-refractivity contribution in [1.29, 1.82) is 0 Å². The SMILES string of the molecule is CNCc1cccc(S(=O)(=O)Nc2ccccc2C)c1C.